The minimum Gasteiger partial charge on any atom is -0.467 e. The third-order valence-corrected chi connectivity index (χ3v) is 6.62. The lowest BCUT2D eigenvalue weighted by atomic mass is 9.88. The van der Waals surface area contributed by atoms with Crippen LogP contribution in [0.4, 0.5) is 17.1 Å². The van der Waals surface area contributed by atoms with Crippen molar-refractivity contribution in [2.24, 2.45) is 0 Å². The van der Waals surface area contributed by atoms with Crippen molar-refractivity contribution >= 4 is 40.4 Å². The fourth-order valence-corrected chi connectivity index (χ4v) is 4.78. The van der Waals surface area contributed by atoms with E-state index in [9.17, 15) is 9.59 Å². The Morgan fingerprint density at radius 2 is 2.00 bits per heavy atom. The maximum Gasteiger partial charge on any atom is 0.243 e. The molecular formula is C26H24ClN3O3. The summed E-state index contributed by atoms with van der Waals surface area (Å²) >= 11 is 6.23. The number of carbonyl (C=O) groups excluding carboxylic acids is 2. The molecule has 2 heterocycles. The van der Waals surface area contributed by atoms with Crippen molar-refractivity contribution in [3.63, 3.8) is 0 Å². The first-order valence-corrected chi connectivity index (χ1v) is 11.4. The van der Waals surface area contributed by atoms with Gasteiger partial charge in [-0.25, -0.2) is 0 Å². The number of allylic oxidation sites excluding steroid dienone is 1. The number of amides is 1. The van der Waals surface area contributed by atoms with Crippen molar-refractivity contribution in [3.05, 3.63) is 88.5 Å². The van der Waals surface area contributed by atoms with Gasteiger partial charge in [0.15, 0.2) is 5.78 Å². The van der Waals surface area contributed by atoms with Crippen LogP contribution in [0.15, 0.2) is 76.5 Å². The van der Waals surface area contributed by atoms with Crippen molar-refractivity contribution < 1.29 is 14.0 Å². The highest BCUT2D eigenvalue weighted by molar-refractivity contribution is 6.31. The molecule has 0 saturated heterocycles. The number of nitrogens with zero attached hydrogens (tertiary/aromatic N) is 1. The Bertz CT molecular complexity index is 1250. The molecule has 0 saturated carbocycles. The number of Topliss-reactive ketones (excluding diaryl/α,β-unsaturated/α-hetero) is 1. The van der Waals surface area contributed by atoms with Crippen LogP contribution >= 0.6 is 11.6 Å². The SMILES string of the molecule is Cc1c(Cl)cccc1NC(=O)CN1c2ccccc2NC2=C(C(=O)CCC2)C1c1ccco1. The largest absolute Gasteiger partial charge is 0.467 e. The normalized spacial score (nSPS) is 17.7. The summed E-state index contributed by atoms with van der Waals surface area (Å²) in [5.74, 6) is 0.496. The number of ketones is 1. The molecule has 0 fully saturated rings. The van der Waals surface area contributed by atoms with Gasteiger partial charge in [-0.15, -0.1) is 0 Å². The summed E-state index contributed by atoms with van der Waals surface area (Å²) in [6.07, 6.45) is 3.65. The van der Waals surface area contributed by atoms with E-state index in [4.69, 9.17) is 16.0 Å². The van der Waals surface area contributed by atoms with Gasteiger partial charge in [0.25, 0.3) is 0 Å². The molecular weight excluding hydrogens is 438 g/mol. The van der Waals surface area contributed by atoms with E-state index in [1.54, 1.807) is 24.5 Å². The van der Waals surface area contributed by atoms with Crippen LogP contribution in [-0.2, 0) is 9.59 Å². The number of hydrogen-bond acceptors (Lipinski definition) is 5. The molecule has 168 valence electrons. The topological polar surface area (TPSA) is 74.6 Å². The van der Waals surface area contributed by atoms with E-state index in [0.717, 1.165) is 35.5 Å². The standard InChI is InChI=1S/C26H24ClN3O3/c1-16-17(27)7-4-9-18(16)29-24(32)15-30-21-11-3-2-8-19(21)28-20-10-5-12-22(31)25(20)26(30)23-13-6-14-33-23/h2-4,6-9,11,13-14,26,28H,5,10,12,15H2,1H3,(H,29,32). The third kappa shape index (κ3) is 4.02. The van der Waals surface area contributed by atoms with E-state index in [0.29, 0.717) is 28.5 Å². The average molecular weight is 462 g/mol. The number of furan rings is 1. The van der Waals surface area contributed by atoms with Gasteiger partial charge in [-0.2, -0.15) is 0 Å². The fourth-order valence-electron chi connectivity index (χ4n) is 4.60. The summed E-state index contributed by atoms with van der Waals surface area (Å²) in [6.45, 7) is 1.90. The molecule has 6 nitrogen and oxygen atoms in total. The Morgan fingerprint density at radius 3 is 2.82 bits per heavy atom. The van der Waals surface area contributed by atoms with Gasteiger partial charge in [-0.3, -0.25) is 9.59 Å². The number of carbonyl (C=O) groups is 2. The van der Waals surface area contributed by atoms with Gasteiger partial charge in [0.05, 0.1) is 24.2 Å². The van der Waals surface area contributed by atoms with Crippen LogP contribution in [0.25, 0.3) is 0 Å². The predicted molar refractivity (Wildman–Crippen MR) is 130 cm³/mol. The molecule has 2 aliphatic rings. The number of anilines is 3. The molecule has 1 amide bonds. The summed E-state index contributed by atoms with van der Waals surface area (Å²) < 4.78 is 5.80. The van der Waals surface area contributed by atoms with Crippen molar-refractivity contribution in [3.8, 4) is 0 Å². The van der Waals surface area contributed by atoms with Gasteiger partial charge in [-0.05, 0) is 61.7 Å². The van der Waals surface area contributed by atoms with Gasteiger partial charge in [0.1, 0.15) is 11.8 Å². The molecule has 0 radical (unpaired) electrons. The number of halogens is 1. The molecule has 1 aliphatic heterocycles. The molecule has 2 N–H and O–H groups in total. The average Bonchev–Trinajstić information content (AvgIpc) is 3.29. The molecule has 1 atom stereocenters. The molecule has 1 aliphatic carbocycles. The van der Waals surface area contributed by atoms with Crippen molar-refractivity contribution in [2.45, 2.75) is 32.2 Å². The van der Waals surface area contributed by atoms with Crippen LogP contribution in [0, 0.1) is 6.92 Å². The van der Waals surface area contributed by atoms with Gasteiger partial charge < -0.3 is 20.0 Å². The second-order valence-electron chi connectivity index (χ2n) is 8.32. The van der Waals surface area contributed by atoms with E-state index < -0.39 is 6.04 Å². The first-order valence-electron chi connectivity index (χ1n) is 11.0. The van der Waals surface area contributed by atoms with Crippen molar-refractivity contribution in [1.29, 1.82) is 0 Å². The number of nitrogens with one attached hydrogen (secondary N) is 2. The molecule has 3 aromatic rings. The summed E-state index contributed by atoms with van der Waals surface area (Å²) in [6, 6.07) is 16.4. The van der Waals surface area contributed by atoms with E-state index in [-0.39, 0.29) is 18.2 Å². The lowest BCUT2D eigenvalue weighted by Crippen LogP contribution is -2.38. The second kappa shape index (κ2) is 8.79. The maximum atomic E-state index is 13.3. The van der Waals surface area contributed by atoms with Crippen LogP contribution in [-0.4, -0.2) is 18.2 Å². The zero-order chi connectivity index (χ0) is 22.9. The Morgan fingerprint density at radius 1 is 1.15 bits per heavy atom. The van der Waals surface area contributed by atoms with E-state index >= 15 is 0 Å². The first kappa shape index (κ1) is 21.3. The Hall–Kier alpha value is -3.51. The second-order valence-corrected chi connectivity index (χ2v) is 8.72. The molecule has 1 unspecified atom stereocenters. The van der Waals surface area contributed by atoms with Crippen LogP contribution in [0.1, 0.15) is 36.6 Å². The number of hydrogen-bond donors (Lipinski definition) is 2. The van der Waals surface area contributed by atoms with E-state index in [1.165, 1.54) is 0 Å². The summed E-state index contributed by atoms with van der Waals surface area (Å²) in [5, 5.41) is 7.05. The molecule has 33 heavy (non-hydrogen) atoms. The quantitative estimate of drug-likeness (QED) is 0.509. The minimum atomic E-state index is -0.509. The van der Waals surface area contributed by atoms with Gasteiger partial charge in [0.2, 0.25) is 5.91 Å². The molecule has 5 rings (SSSR count). The molecule has 7 heteroatoms. The Balaban J connectivity index is 1.58. The van der Waals surface area contributed by atoms with E-state index in [2.05, 4.69) is 10.6 Å². The van der Waals surface area contributed by atoms with Gasteiger partial charge in [0, 0.05) is 28.4 Å². The molecule has 2 aromatic carbocycles. The molecule has 0 bridgehead atoms. The summed E-state index contributed by atoms with van der Waals surface area (Å²) in [7, 11) is 0. The Kier molecular flexibility index (Phi) is 5.68. The van der Waals surface area contributed by atoms with Gasteiger partial charge in [-0.1, -0.05) is 29.8 Å². The van der Waals surface area contributed by atoms with Gasteiger partial charge >= 0.3 is 0 Å². The summed E-state index contributed by atoms with van der Waals surface area (Å²) in [4.78, 5) is 28.4. The highest BCUT2D eigenvalue weighted by atomic mass is 35.5. The van der Waals surface area contributed by atoms with Crippen molar-refractivity contribution in [1.82, 2.24) is 0 Å². The lowest BCUT2D eigenvalue weighted by molar-refractivity contribution is -0.117. The predicted octanol–water partition coefficient (Wildman–Crippen LogP) is 5.86. The van der Waals surface area contributed by atoms with Crippen LogP contribution in [0.2, 0.25) is 5.02 Å². The minimum absolute atomic E-state index is 0.0279. The van der Waals surface area contributed by atoms with Crippen molar-refractivity contribution in [2.75, 3.05) is 22.1 Å². The molecule has 0 spiro atoms. The third-order valence-electron chi connectivity index (χ3n) is 6.21. The maximum absolute atomic E-state index is 13.3. The fraction of sp³-hybridized carbons (Fsp3) is 0.231. The monoisotopic (exact) mass is 461 g/mol. The smallest absolute Gasteiger partial charge is 0.243 e. The number of para-hydroxylation sites is 2. The highest BCUT2D eigenvalue weighted by Gasteiger charge is 2.38. The summed E-state index contributed by atoms with van der Waals surface area (Å²) in [5.41, 5.74) is 4.73. The number of fused-ring (bicyclic) bond motifs is 1. The highest BCUT2D eigenvalue weighted by Crippen LogP contribution is 2.44. The number of benzene rings is 2. The van der Waals surface area contributed by atoms with Crippen LogP contribution in [0.3, 0.4) is 0 Å². The Labute approximate surface area is 197 Å². The zero-order valence-corrected chi connectivity index (χ0v) is 19.0. The van der Waals surface area contributed by atoms with Crippen LogP contribution in [0.5, 0.6) is 0 Å². The van der Waals surface area contributed by atoms with E-state index in [1.807, 2.05) is 48.2 Å². The van der Waals surface area contributed by atoms with Crippen LogP contribution < -0.4 is 15.5 Å². The zero-order valence-electron chi connectivity index (χ0n) is 18.2. The lowest BCUT2D eigenvalue weighted by Gasteiger charge is -2.33. The number of rotatable bonds is 4. The first-order chi connectivity index (χ1) is 16.0. The molecule has 1 aromatic heterocycles.